The zero-order chi connectivity index (χ0) is 16.7. The zero-order valence-electron chi connectivity index (χ0n) is 12.0. The van der Waals surface area contributed by atoms with Crippen molar-refractivity contribution in [2.45, 2.75) is 29.7 Å². The van der Waals surface area contributed by atoms with Gasteiger partial charge >= 0.3 is 0 Å². The van der Waals surface area contributed by atoms with Crippen molar-refractivity contribution in [1.82, 2.24) is 4.72 Å². The molecule has 0 aromatic heterocycles. The van der Waals surface area contributed by atoms with Crippen LogP contribution in [0.15, 0.2) is 47.4 Å². The van der Waals surface area contributed by atoms with E-state index in [1.165, 1.54) is 0 Å². The van der Waals surface area contributed by atoms with E-state index in [0.29, 0.717) is 23.9 Å². The number of hydrogen-bond donors (Lipinski definition) is 1. The summed E-state index contributed by atoms with van der Waals surface area (Å²) in [6.45, 7) is 0. The van der Waals surface area contributed by atoms with Gasteiger partial charge in [0.25, 0.3) is 0 Å². The maximum atomic E-state index is 13.8. The summed E-state index contributed by atoms with van der Waals surface area (Å²) in [5.41, 5.74) is -0.0455. The fraction of sp³-hybridized carbons (Fsp3) is 0.250. The van der Waals surface area contributed by atoms with Crippen molar-refractivity contribution in [2.24, 2.45) is 0 Å². The standard InChI is InChI=1S/C16H14ClF2NO2S/c17-12-4-2-11(3-5-12)16(8-1-9-16)20-23(21,22)15-10-13(18)6-7-14(15)19/h2-7,10,20H,1,8-9H2. The number of benzene rings is 2. The first kappa shape index (κ1) is 16.4. The van der Waals surface area contributed by atoms with Crippen LogP contribution >= 0.6 is 11.6 Å². The first-order valence-corrected chi connectivity index (χ1v) is 8.94. The van der Waals surface area contributed by atoms with Gasteiger partial charge in [-0.05, 0) is 55.2 Å². The third-order valence-electron chi connectivity index (χ3n) is 4.12. The first-order chi connectivity index (χ1) is 10.8. The molecule has 0 heterocycles. The molecule has 23 heavy (non-hydrogen) atoms. The summed E-state index contributed by atoms with van der Waals surface area (Å²) in [7, 11) is -4.19. The van der Waals surface area contributed by atoms with Crippen LogP contribution in [0.5, 0.6) is 0 Å². The minimum Gasteiger partial charge on any atom is -0.207 e. The van der Waals surface area contributed by atoms with Crippen LogP contribution < -0.4 is 4.72 Å². The Morgan fingerprint density at radius 2 is 1.70 bits per heavy atom. The summed E-state index contributed by atoms with van der Waals surface area (Å²) >= 11 is 5.86. The lowest BCUT2D eigenvalue weighted by atomic mass is 9.73. The smallest absolute Gasteiger partial charge is 0.207 e. The van der Waals surface area contributed by atoms with Crippen LogP contribution in [0.4, 0.5) is 8.78 Å². The van der Waals surface area contributed by atoms with E-state index < -0.39 is 32.1 Å². The van der Waals surface area contributed by atoms with Gasteiger partial charge in [-0.1, -0.05) is 23.7 Å². The Morgan fingerprint density at radius 1 is 1.04 bits per heavy atom. The van der Waals surface area contributed by atoms with Crippen molar-refractivity contribution < 1.29 is 17.2 Å². The summed E-state index contributed by atoms with van der Waals surface area (Å²) < 4.78 is 54.7. The molecule has 0 radical (unpaired) electrons. The third kappa shape index (κ3) is 3.11. The van der Waals surface area contributed by atoms with Gasteiger partial charge in [0.1, 0.15) is 16.5 Å². The molecule has 0 spiro atoms. The molecule has 0 aliphatic heterocycles. The molecule has 2 aromatic carbocycles. The molecule has 1 aliphatic carbocycles. The van der Waals surface area contributed by atoms with Crippen LogP contribution in [0.2, 0.25) is 5.02 Å². The van der Waals surface area contributed by atoms with Gasteiger partial charge in [0, 0.05) is 5.02 Å². The fourth-order valence-electron chi connectivity index (χ4n) is 2.74. The second kappa shape index (κ2) is 5.85. The number of rotatable bonds is 4. The fourth-order valence-corrected chi connectivity index (χ4v) is 4.41. The Hall–Kier alpha value is -1.50. The molecule has 2 aromatic rings. The molecule has 3 nitrogen and oxygen atoms in total. The van der Waals surface area contributed by atoms with Crippen molar-refractivity contribution in [1.29, 1.82) is 0 Å². The van der Waals surface area contributed by atoms with Crippen LogP contribution in [0.3, 0.4) is 0 Å². The van der Waals surface area contributed by atoms with E-state index in [9.17, 15) is 17.2 Å². The minimum absolute atomic E-state index is 0.544. The SMILES string of the molecule is O=S(=O)(NC1(c2ccc(Cl)cc2)CCC1)c1cc(F)ccc1F. The van der Waals surface area contributed by atoms with E-state index in [2.05, 4.69) is 4.72 Å². The molecule has 1 saturated carbocycles. The van der Waals surface area contributed by atoms with Gasteiger partial charge in [-0.2, -0.15) is 0 Å². The van der Waals surface area contributed by atoms with Crippen LogP contribution in [0, 0.1) is 11.6 Å². The molecule has 7 heteroatoms. The van der Waals surface area contributed by atoms with Gasteiger partial charge in [-0.25, -0.2) is 21.9 Å². The second-order valence-electron chi connectivity index (χ2n) is 5.62. The van der Waals surface area contributed by atoms with E-state index in [4.69, 9.17) is 11.6 Å². The molecule has 0 saturated heterocycles. The molecule has 1 aliphatic rings. The molecule has 0 atom stereocenters. The molecule has 1 N–H and O–H groups in total. The van der Waals surface area contributed by atoms with Gasteiger partial charge in [0.15, 0.2) is 0 Å². The Labute approximate surface area is 138 Å². The number of nitrogens with one attached hydrogen (secondary N) is 1. The van der Waals surface area contributed by atoms with E-state index >= 15 is 0 Å². The van der Waals surface area contributed by atoms with Crippen molar-refractivity contribution >= 4 is 21.6 Å². The number of halogens is 3. The van der Waals surface area contributed by atoms with E-state index in [1.807, 2.05) is 0 Å². The largest absolute Gasteiger partial charge is 0.244 e. The van der Waals surface area contributed by atoms with Gasteiger partial charge in [0.05, 0.1) is 5.54 Å². The summed E-state index contributed by atoms with van der Waals surface area (Å²) in [6.07, 6.45) is 2.02. The van der Waals surface area contributed by atoms with Crippen LogP contribution in [0.25, 0.3) is 0 Å². The highest BCUT2D eigenvalue weighted by atomic mass is 35.5. The monoisotopic (exact) mass is 357 g/mol. The molecular formula is C16H14ClF2NO2S. The zero-order valence-corrected chi connectivity index (χ0v) is 13.6. The van der Waals surface area contributed by atoms with E-state index in [0.717, 1.165) is 24.1 Å². The molecule has 0 unspecified atom stereocenters. The van der Waals surface area contributed by atoms with E-state index in [-0.39, 0.29) is 0 Å². The Balaban J connectivity index is 1.98. The van der Waals surface area contributed by atoms with Crippen LogP contribution in [-0.4, -0.2) is 8.42 Å². The first-order valence-electron chi connectivity index (χ1n) is 7.08. The minimum atomic E-state index is -4.19. The highest BCUT2D eigenvalue weighted by Crippen LogP contribution is 2.42. The maximum Gasteiger partial charge on any atom is 0.244 e. The van der Waals surface area contributed by atoms with Gasteiger partial charge in [-0.3, -0.25) is 0 Å². The highest BCUT2D eigenvalue weighted by Gasteiger charge is 2.42. The third-order valence-corrected chi connectivity index (χ3v) is 5.92. The molecule has 0 amide bonds. The molecule has 1 fully saturated rings. The van der Waals surface area contributed by atoms with Crippen LogP contribution in [0.1, 0.15) is 24.8 Å². The predicted octanol–water partition coefficient (Wildman–Crippen LogP) is 3.98. The summed E-state index contributed by atoms with van der Waals surface area (Å²) in [5, 5.41) is 0.544. The van der Waals surface area contributed by atoms with E-state index in [1.54, 1.807) is 24.3 Å². The average Bonchev–Trinajstić information content (AvgIpc) is 2.46. The van der Waals surface area contributed by atoms with Gasteiger partial charge in [-0.15, -0.1) is 0 Å². The lowest BCUT2D eigenvalue weighted by Crippen LogP contribution is -2.50. The summed E-state index contributed by atoms with van der Waals surface area (Å²) in [6, 6.07) is 9.21. The highest BCUT2D eigenvalue weighted by molar-refractivity contribution is 7.89. The molecular weight excluding hydrogens is 344 g/mol. The molecule has 122 valence electrons. The average molecular weight is 358 g/mol. The van der Waals surface area contributed by atoms with Gasteiger partial charge < -0.3 is 0 Å². The Bertz CT molecular complexity index is 834. The Kier molecular flexibility index (Phi) is 4.16. The predicted molar refractivity (Wildman–Crippen MR) is 83.7 cm³/mol. The van der Waals surface area contributed by atoms with Crippen molar-refractivity contribution in [3.8, 4) is 0 Å². The summed E-state index contributed by atoms with van der Waals surface area (Å²) in [5.74, 6) is -1.79. The summed E-state index contributed by atoms with van der Waals surface area (Å²) in [4.78, 5) is -0.683. The topological polar surface area (TPSA) is 46.2 Å². The van der Waals surface area contributed by atoms with Gasteiger partial charge in [0.2, 0.25) is 10.0 Å². The Morgan fingerprint density at radius 3 is 2.26 bits per heavy atom. The number of hydrogen-bond acceptors (Lipinski definition) is 2. The number of sulfonamides is 1. The second-order valence-corrected chi connectivity index (χ2v) is 7.71. The quantitative estimate of drug-likeness (QED) is 0.899. The van der Waals surface area contributed by atoms with Crippen molar-refractivity contribution in [3.63, 3.8) is 0 Å². The molecule has 0 bridgehead atoms. The maximum absolute atomic E-state index is 13.8. The lowest BCUT2D eigenvalue weighted by Gasteiger charge is -2.42. The van der Waals surface area contributed by atoms with Crippen molar-refractivity contribution in [2.75, 3.05) is 0 Å². The van der Waals surface area contributed by atoms with Crippen molar-refractivity contribution in [3.05, 3.63) is 64.7 Å². The normalized spacial score (nSPS) is 16.8. The van der Waals surface area contributed by atoms with Crippen LogP contribution in [-0.2, 0) is 15.6 Å². The lowest BCUT2D eigenvalue weighted by molar-refractivity contribution is 0.224. The molecule has 3 rings (SSSR count).